The topological polar surface area (TPSA) is 62.5 Å². The molecule has 1 aromatic carbocycles. The zero-order valence-electron chi connectivity index (χ0n) is 12.4. The fourth-order valence-electron chi connectivity index (χ4n) is 2.18. The van der Waals surface area contributed by atoms with Crippen LogP contribution in [-0.2, 0) is 13.0 Å². The van der Waals surface area contributed by atoms with E-state index < -0.39 is 5.97 Å². The van der Waals surface area contributed by atoms with Gasteiger partial charge >= 0.3 is 5.97 Å². The number of aromatic carboxylic acids is 1. The lowest BCUT2D eigenvalue weighted by Gasteiger charge is -2.26. The summed E-state index contributed by atoms with van der Waals surface area (Å²) < 4.78 is 5.24. The quantitative estimate of drug-likeness (QED) is 0.818. The monoisotopic (exact) mass is 287 g/mol. The van der Waals surface area contributed by atoms with Crippen LogP contribution in [0.15, 0.2) is 47.1 Å². The number of nitrogens with one attached hydrogen (secondary N) is 1. The van der Waals surface area contributed by atoms with Crippen LogP contribution >= 0.6 is 0 Å². The van der Waals surface area contributed by atoms with Crippen molar-refractivity contribution < 1.29 is 14.3 Å². The number of hydrogen-bond donors (Lipinski definition) is 2. The van der Waals surface area contributed by atoms with Gasteiger partial charge in [0.1, 0.15) is 11.3 Å². The van der Waals surface area contributed by atoms with E-state index in [0.717, 1.165) is 12.8 Å². The predicted octanol–water partition coefficient (Wildman–Crippen LogP) is 3.48. The maximum Gasteiger partial charge on any atom is 0.339 e. The Balaban J connectivity index is 1.89. The van der Waals surface area contributed by atoms with E-state index in [4.69, 9.17) is 9.52 Å². The van der Waals surface area contributed by atoms with Gasteiger partial charge in [-0.1, -0.05) is 30.3 Å². The molecule has 0 unspecified atom stereocenters. The first-order chi connectivity index (χ1) is 9.98. The number of aryl methyl sites for hydroxylation is 1. The predicted molar refractivity (Wildman–Crippen MR) is 81.3 cm³/mol. The zero-order chi connectivity index (χ0) is 15.3. The van der Waals surface area contributed by atoms with Crippen LogP contribution in [0.2, 0.25) is 0 Å². The standard InChI is InChI=1S/C17H21NO3/c1-17(2,10-8-13-6-4-3-5-7-13)18-12-15-14(16(19)20)9-11-21-15/h3-7,9,11,18H,8,10,12H2,1-2H3,(H,19,20). The maximum atomic E-state index is 11.0. The van der Waals surface area contributed by atoms with Gasteiger partial charge in [-0.3, -0.25) is 0 Å². The van der Waals surface area contributed by atoms with Crippen molar-refractivity contribution in [3.05, 3.63) is 59.5 Å². The van der Waals surface area contributed by atoms with Crippen molar-refractivity contribution in [2.75, 3.05) is 0 Å². The molecule has 4 heteroatoms. The van der Waals surface area contributed by atoms with E-state index in [1.807, 2.05) is 18.2 Å². The Bertz CT molecular complexity index is 587. The lowest BCUT2D eigenvalue weighted by atomic mass is 9.95. The smallest absolute Gasteiger partial charge is 0.339 e. The molecule has 112 valence electrons. The molecular formula is C17H21NO3. The number of rotatable bonds is 7. The molecule has 0 fully saturated rings. The number of carboxylic acids is 1. The van der Waals surface area contributed by atoms with E-state index in [2.05, 4.69) is 31.3 Å². The van der Waals surface area contributed by atoms with Crippen LogP contribution in [-0.4, -0.2) is 16.6 Å². The Morgan fingerprint density at radius 3 is 2.62 bits per heavy atom. The van der Waals surface area contributed by atoms with E-state index in [1.165, 1.54) is 17.9 Å². The molecule has 0 aliphatic heterocycles. The van der Waals surface area contributed by atoms with Crippen molar-refractivity contribution in [3.8, 4) is 0 Å². The van der Waals surface area contributed by atoms with Gasteiger partial charge in [0.15, 0.2) is 0 Å². The Hall–Kier alpha value is -2.07. The second-order valence-corrected chi connectivity index (χ2v) is 5.79. The first kappa shape index (κ1) is 15.3. The van der Waals surface area contributed by atoms with Gasteiger partial charge in [-0.2, -0.15) is 0 Å². The highest BCUT2D eigenvalue weighted by Gasteiger charge is 2.20. The summed E-state index contributed by atoms with van der Waals surface area (Å²) in [6.07, 6.45) is 3.35. The summed E-state index contributed by atoms with van der Waals surface area (Å²) in [5.74, 6) is -0.488. The van der Waals surface area contributed by atoms with Crippen molar-refractivity contribution >= 4 is 5.97 Å². The van der Waals surface area contributed by atoms with Crippen molar-refractivity contribution in [1.29, 1.82) is 0 Å². The third-order valence-electron chi connectivity index (χ3n) is 3.58. The molecule has 0 spiro atoms. The van der Waals surface area contributed by atoms with Crippen molar-refractivity contribution in [3.63, 3.8) is 0 Å². The average molecular weight is 287 g/mol. The number of carboxylic acid groups (broad SMARTS) is 1. The van der Waals surface area contributed by atoms with Gasteiger partial charge in [0, 0.05) is 5.54 Å². The summed E-state index contributed by atoms with van der Waals surface area (Å²) in [5.41, 5.74) is 1.43. The van der Waals surface area contributed by atoms with Crippen LogP contribution < -0.4 is 5.32 Å². The minimum Gasteiger partial charge on any atom is -0.478 e. The first-order valence-corrected chi connectivity index (χ1v) is 7.06. The fraction of sp³-hybridized carbons (Fsp3) is 0.353. The molecule has 0 bridgehead atoms. The molecule has 0 saturated carbocycles. The van der Waals surface area contributed by atoms with Gasteiger partial charge in [-0.15, -0.1) is 0 Å². The molecule has 21 heavy (non-hydrogen) atoms. The Labute approximate surface area is 124 Å². The first-order valence-electron chi connectivity index (χ1n) is 7.06. The van der Waals surface area contributed by atoms with Gasteiger partial charge < -0.3 is 14.8 Å². The Morgan fingerprint density at radius 1 is 1.24 bits per heavy atom. The van der Waals surface area contributed by atoms with Crippen LogP contribution in [0.5, 0.6) is 0 Å². The van der Waals surface area contributed by atoms with Gasteiger partial charge in [0.05, 0.1) is 12.8 Å². The second kappa shape index (κ2) is 6.59. The van der Waals surface area contributed by atoms with Gasteiger partial charge in [-0.05, 0) is 38.3 Å². The van der Waals surface area contributed by atoms with Gasteiger partial charge in [0.2, 0.25) is 0 Å². The minimum atomic E-state index is -0.956. The van der Waals surface area contributed by atoms with Crippen LogP contribution in [0.1, 0.15) is 41.9 Å². The Morgan fingerprint density at radius 2 is 1.95 bits per heavy atom. The van der Waals surface area contributed by atoms with E-state index >= 15 is 0 Å². The second-order valence-electron chi connectivity index (χ2n) is 5.79. The summed E-state index contributed by atoms with van der Waals surface area (Å²) in [6, 6.07) is 11.8. The Kier molecular flexibility index (Phi) is 4.81. The minimum absolute atomic E-state index is 0.0988. The highest BCUT2D eigenvalue weighted by atomic mass is 16.4. The van der Waals surface area contributed by atoms with Crippen LogP contribution in [0.3, 0.4) is 0 Å². The zero-order valence-corrected chi connectivity index (χ0v) is 12.4. The van der Waals surface area contributed by atoms with E-state index in [-0.39, 0.29) is 11.1 Å². The molecular weight excluding hydrogens is 266 g/mol. The highest BCUT2D eigenvalue weighted by molar-refractivity contribution is 5.88. The highest BCUT2D eigenvalue weighted by Crippen LogP contribution is 2.16. The third kappa shape index (κ3) is 4.46. The number of furan rings is 1. The molecule has 0 aliphatic carbocycles. The molecule has 2 rings (SSSR count). The number of carbonyl (C=O) groups is 1. The molecule has 0 aliphatic rings. The van der Waals surface area contributed by atoms with E-state index in [1.54, 1.807) is 0 Å². The molecule has 0 radical (unpaired) electrons. The average Bonchev–Trinajstić information content (AvgIpc) is 2.93. The lowest BCUT2D eigenvalue weighted by molar-refractivity contribution is 0.0694. The molecule has 1 aromatic heterocycles. The molecule has 4 nitrogen and oxygen atoms in total. The molecule has 2 N–H and O–H groups in total. The lowest BCUT2D eigenvalue weighted by Crippen LogP contribution is -2.39. The number of benzene rings is 1. The van der Waals surface area contributed by atoms with Gasteiger partial charge in [-0.25, -0.2) is 4.79 Å². The molecule has 0 saturated heterocycles. The van der Waals surface area contributed by atoms with E-state index in [9.17, 15) is 4.79 Å². The summed E-state index contributed by atoms with van der Waals surface area (Å²) >= 11 is 0. The van der Waals surface area contributed by atoms with Crippen molar-refractivity contribution in [2.24, 2.45) is 0 Å². The fourth-order valence-corrected chi connectivity index (χ4v) is 2.18. The third-order valence-corrected chi connectivity index (χ3v) is 3.58. The van der Waals surface area contributed by atoms with Crippen LogP contribution in [0.25, 0.3) is 0 Å². The van der Waals surface area contributed by atoms with E-state index in [0.29, 0.717) is 12.3 Å². The summed E-state index contributed by atoms with van der Waals surface area (Å²) in [6.45, 7) is 4.63. The van der Waals surface area contributed by atoms with Crippen molar-refractivity contribution in [1.82, 2.24) is 5.32 Å². The maximum absolute atomic E-state index is 11.0. The molecule has 1 heterocycles. The SMILES string of the molecule is CC(C)(CCc1ccccc1)NCc1occc1C(=O)O. The molecule has 2 aromatic rings. The van der Waals surface area contributed by atoms with Crippen LogP contribution in [0, 0.1) is 0 Å². The van der Waals surface area contributed by atoms with Crippen LogP contribution in [0.4, 0.5) is 0 Å². The summed E-state index contributed by atoms with van der Waals surface area (Å²) in [7, 11) is 0. The number of hydrogen-bond acceptors (Lipinski definition) is 3. The van der Waals surface area contributed by atoms with Gasteiger partial charge in [0.25, 0.3) is 0 Å². The molecule has 0 amide bonds. The largest absolute Gasteiger partial charge is 0.478 e. The molecule has 0 atom stereocenters. The summed E-state index contributed by atoms with van der Waals surface area (Å²) in [4.78, 5) is 11.0. The normalized spacial score (nSPS) is 11.5. The summed E-state index contributed by atoms with van der Waals surface area (Å²) in [5, 5.41) is 12.4. The van der Waals surface area contributed by atoms with Crippen molar-refractivity contribution in [2.45, 2.75) is 38.8 Å².